The Morgan fingerprint density at radius 3 is 1.52 bits per heavy atom. The number of nitrogens with zero attached hydrogens (tertiary/aromatic N) is 2. The molecule has 0 aliphatic carbocycles. The Bertz CT molecular complexity index is 1120. The van der Waals surface area contributed by atoms with Crippen LogP contribution in [0.5, 0.6) is 0 Å². The predicted octanol–water partition coefficient (Wildman–Crippen LogP) is 12.9. The van der Waals surface area contributed by atoms with Crippen molar-refractivity contribution in [3.8, 4) is 0 Å². The fraction of sp³-hybridized carbons (Fsp3) is 0.659. The summed E-state index contributed by atoms with van der Waals surface area (Å²) in [5, 5.41) is 0. The third-order valence-electron chi connectivity index (χ3n) is 10.1. The average Bonchev–Trinajstić information content (AvgIpc) is 3.39. The highest BCUT2D eigenvalue weighted by Gasteiger charge is 2.25. The number of unbranched alkanes of at least 4 members (excludes halogenated alkanes) is 19. The van der Waals surface area contributed by atoms with Gasteiger partial charge in [-0.25, -0.2) is 9.13 Å². The fourth-order valence-corrected chi connectivity index (χ4v) is 7.17. The van der Waals surface area contributed by atoms with Crippen LogP contribution in [0.1, 0.15) is 184 Å². The molecule has 0 saturated carbocycles. The maximum Gasteiger partial charge on any atom is 0.261 e. The topological polar surface area (TPSA) is 8.81 Å². The number of benzene rings is 2. The van der Waals surface area contributed by atoms with Gasteiger partial charge in [0.2, 0.25) is 0 Å². The van der Waals surface area contributed by atoms with E-state index in [4.69, 9.17) is 0 Å². The Balaban J connectivity index is 1.54. The lowest BCUT2D eigenvalue weighted by atomic mass is 9.96. The molecular formula is C44H71N2+. The standard InChI is InChI=1S/C44H71N2/c1-4-6-8-10-12-13-14-15-16-17-18-19-20-21-29-35-45-39-43(37-40(3)42-33-27-24-28-34-42)46(36-30-22-11-9-7-5-2)44(45)38-41-31-25-23-26-32-41/h23-28,31-34,39-40H,4-22,29-30,35-38H2,1-3H3/q+1. The van der Waals surface area contributed by atoms with Gasteiger partial charge in [0.15, 0.2) is 0 Å². The maximum absolute atomic E-state index is 2.73. The van der Waals surface area contributed by atoms with E-state index in [0.29, 0.717) is 5.92 Å². The Morgan fingerprint density at radius 2 is 1.00 bits per heavy atom. The number of rotatable bonds is 28. The minimum absolute atomic E-state index is 0.517. The Morgan fingerprint density at radius 1 is 0.543 bits per heavy atom. The summed E-state index contributed by atoms with van der Waals surface area (Å²) in [5.41, 5.74) is 4.41. The summed E-state index contributed by atoms with van der Waals surface area (Å²) in [6.07, 6.45) is 34.0. The number of imidazole rings is 1. The van der Waals surface area contributed by atoms with E-state index >= 15 is 0 Å². The highest BCUT2D eigenvalue weighted by atomic mass is 15.2. The Labute approximate surface area is 285 Å². The molecule has 0 fully saturated rings. The molecule has 1 heterocycles. The summed E-state index contributed by atoms with van der Waals surface area (Å²) in [6.45, 7) is 9.33. The van der Waals surface area contributed by atoms with Gasteiger partial charge in [-0.3, -0.25) is 0 Å². The van der Waals surface area contributed by atoms with Gasteiger partial charge in [0.1, 0.15) is 11.9 Å². The van der Waals surface area contributed by atoms with Crippen molar-refractivity contribution in [3.05, 3.63) is 89.5 Å². The zero-order chi connectivity index (χ0) is 32.5. The molecule has 1 aromatic heterocycles. The fourth-order valence-electron chi connectivity index (χ4n) is 7.17. The molecule has 0 amide bonds. The van der Waals surface area contributed by atoms with Crippen molar-refractivity contribution in [2.75, 3.05) is 0 Å². The predicted molar refractivity (Wildman–Crippen MR) is 201 cm³/mol. The van der Waals surface area contributed by atoms with Gasteiger partial charge in [0, 0.05) is 6.42 Å². The van der Waals surface area contributed by atoms with Crippen LogP contribution < -0.4 is 4.57 Å². The number of hydrogen-bond acceptors (Lipinski definition) is 0. The monoisotopic (exact) mass is 628 g/mol. The largest absolute Gasteiger partial charge is 0.261 e. The zero-order valence-corrected chi connectivity index (χ0v) is 30.5. The van der Waals surface area contributed by atoms with Crippen molar-refractivity contribution in [2.24, 2.45) is 0 Å². The van der Waals surface area contributed by atoms with Gasteiger partial charge in [-0.2, -0.15) is 0 Å². The second-order valence-electron chi connectivity index (χ2n) is 14.3. The SMILES string of the molecule is CCCCCCCCCCCCCCCCCn1cc(CC(C)c2ccccc2)[n+](CCCCCCCC)c1Cc1ccccc1. The molecule has 46 heavy (non-hydrogen) atoms. The quantitative estimate of drug-likeness (QED) is 0.0559. The summed E-state index contributed by atoms with van der Waals surface area (Å²) in [7, 11) is 0. The highest BCUT2D eigenvalue weighted by molar-refractivity contribution is 5.21. The lowest BCUT2D eigenvalue weighted by Gasteiger charge is -2.12. The first-order valence-corrected chi connectivity index (χ1v) is 19.9. The van der Waals surface area contributed by atoms with E-state index < -0.39 is 0 Å². The maximum atomic E-state index is 2.73. The van der Waals surface area contributed by atoms with Crippen molar-refractivity contribution >= 4 is 0 Å². The van der Waals surface area contributed by atoms with Gasteiger partial charge in [-0.15, -0.1) is 0 Å². The summed E-state index contributed by atoms with van der Waals surface area (Å²) in [5.74, 6) is 2.03. The normalized spacial score (nSPS) is 12.2. The zero-order valence-electron chi connectivity index (χ0n) is 30.5. The number of hydrogen-bond donors (Lipinski definition) is 0. The molecule has 256 valence electrons. The van der Waals surface area contributed by atoms with Crippen LogP contribution >= 0.6 is 0 Å². The van der Waals surface area contributed by atoms with E-state index in [1.165, 1.54) is 157 Å². The highest BCUT2D eigenvalue weighted by Crippen LogP contribution is 2.21. The summed E-state index contributed by atoms with van der Waals surface area (Å²) in [6, 6.07) is 22.3. The molecule has 1 atom stereocenters. The van der Waals surface area contributed by atoms with Crippen LogP contribution in [0.15, 0.2) is 66.9 Å². The van der Waals surface area contributed by atoms with E-state index in [2.05, 4.69) is 96.8 Å². The van der Waals surface area contributed by atoms with Crippen molar-refractivity contribution in [2.45, 2.75) is 187 Å². The average molecular weight is 628 g/mol. The van der Waals surface area contributed by atoms with Gasteiger partial charge in [-0.05, 0) is 42.7 Å². The van der Waals surface area contributed by atoms with E-state index in [1.807, 2.05) is 0 Å². The lowest BCUT2D eigenvalue weighted by molar-refractivity contribution is -0.710. The van der Waals surface area contributed by atoms with Gasteiger partial charge in [-0.1, -0.05) is 191 Å². The molecule has 0 aliphatic heterocycles. The van der Waals surface area contributed by atoms with E-state index in [1.54, 1.807) is 0 Å². The summed E-state index contributed by atoms with van der Waals surface area (Å²) >= 11 is 0. The van der Waals surface area contributed by atoms with Gasteiger partial charge >= 0.3 is 0 Å². The van der Waals surface area contributed by atoms with Gasteiger partial charge < -0.3 is 0 Å². The van der Waals surface area contributed by atoms with Crippen LogP contribution in [0.4, 0.5) is 0 Å². The molecule has 2 aromatic carbocycles. The van der Waals surface area contributed by atoms with Crippen molar-refractivity contribution in [3.63, 3.8) is 0 Å². The lowest BCUT2D eigenvalue weighted by Crippen LogP contribution is -2.41. The molecule has 0 saturated heterocycles. The molecule has 0 radical (unpaired) electrons. The second-order valence-corrected chi connectivity index (χ2v) is 14.3. The van der Waals surface area contributed by atoms with Gasteiger partial charge in [0.05, 0.1) is 19.5 Å². The molecule has 2 nitrogen and oxygen atoms in total. The molecule has 2 heteroatoms. The first-order valence-electron chi connectivity index (χ1n) is 19.9. The summed E-state index contributed by atoms with van der Waals surface area (Å²) in [4.78, 5) is 0. The minimum Gasteiger partial charge on any atom is -0.234 e. The number of aromatic nitrogens is 2. The van der Waals surface area contributed by atoms with Crippen LogP contribution in [-0.2, 0) is 25.9 Å². The Hall–Kier alpha value is -2.35. The first-order chi connectivity index (χ1) is 22.7. The molecule has 1 unspecified atom stereocenters. The van der Waals surface area contributed by atoms with Crippen LogP contribution in [0, 0.1) is 0 Å². The Kier molecular flexibility index (Phi) is 20.5. The van der Waals surface area contributed by atoms with Crippen LogP contribution in [0.3, 0.4) is 0 Å². The molecule has 3 aromatic rings. The third-order valence-corrected chi connectivity index (χ3v) is 10.1. The van der Waals surface area contributed by atoms with Crippen molar-refractivity contribution < 1.29 is 4.57 Å². The van der Waals surface area contributed by atoms with Crippen LogP contribution in [-0.4, -0.2) is 4.57 Å². The summed E-state index contributed by atoms with van der Waals surface area (Å²) < 4.78 is 5.39. The molecule has 0 N–H and O–H groups in total. The smallest absolute Gasteiger partial charge is 0.234 e. The second kappa shape index (κ2) is 24.8. The van der Waals surface area contributed by atoms with Crippen LogP contribution in [0.25, 0.3) is 0 Å². The van der Waals surface area contributed by atoms with Crippen molar-refractivity contribution in [1.82, 2.24) is 4.57 Å². The molecule has 0 spiro atoms. The van der Waals surface area contributed by atoms with Crippen LogP contribution in [0.2, 0.25) is 0 Å². The van der Waals surface area contributed by atoms with E-state index in [9.17, 15) is 0 Å². The molecule has 0 bridgehead atoms. The molecule has 0 aliphatic rings. The third kappa shape index (κ3) is 15.5. The van der Waals surface area contributed by atoms with Crippen molar-refractivity contribution in [1.29, 1.82) is 0 Å². The molecular weight excluding hydrogens is 556 g/mol. The van der Waals surface area contributed by atoms with E-state index in [-0.39, 0.29) is 0 Å². The molecule has 3 rings (SSSR count). The van der Waals surface area contributed by atoms with Gasteiger partial charge in [0.25, 0.3) is 5.82 Å². The van der Waals surface area contributed by atoms with E-state index in [0.717, 1.165) is 25.9 Å². The first kappa shape index (κ1) is 38.1. The number of aryl methyl sites for hydroxylation is 1. The minimum atomic E-state index is 0.517.